The summed E-state index contributed by atoms with van der Waals surface area (Å²) >= 11 is 1.54. The van der Waals surface area contributed by atoms with Crippen LogP contribution in [0.5, 0.6) is 0 Å². The first-order chi connectivity index (χ1) is 6.69. The van der Waals surface area contributed by atoms with Crippen molar-refractivity contribution in [1.29, 1.82) is 0 Å². The SMILES string of the molecule is C#CCNC(=O)c1cc(C)c(CC)s1. The van der Waals surface area contributed by atoms with Crippen LogP contribution < -0.4 is 5.32 Å². The zero-order valence-corrected chi connectivity index (χ0v) is 9.20. The van der Waals surface area contributed by atoms with Crippen molar-refractivity contribution in [3.05, 3.63) is 21.4 Å². The van der Waals surface area contributed by atoms with Gasteiger partial charge in [0.25, 0.3) is 5.91 Å². The number of nitrogens with one attached hydrogen (secondary N) is 1. The minimum atomic E-state index is -0.0734. The Morgan fingerprint density at radius 1 is 1.71 bits per heavy atom. The molecule has 0 bridgehead atoms. The Labute approximate surface area is 88.3 Å². The summed E-state index contributed by atoms with van der Waals surface area (Å²) in [6.45, 7) is 4.40. The number of hydrogen-bond acceptors (Lipinski definition) is 2. The van der Waals surface area contributed by atoms with E-state index in [-0.39, 0.29) is 12.5 Å². The lowest BCUT2D eigenvalue weighted by Gasteiger charge is -1.96. The van der Waals surface area contributed by atoms with Gasteiger partial charge in [-0.3, -0.25) is 4.79 Å². The Morgan fingerprint density at radius 2 is 2.43 bits per heavy atom. The van der Waals surface area contributed by atoms with E-state index in [1.54, 1.807) is 0 Å². The fraction of sp³-hybridized carbons (Fsp3) is 0.364. The molecule has 0 aliphatic rings. The van der Waals surface area contributed by atoms with Crippen molar-refractivity contribution in [1.82, 2.24) is 5.32 Å². The van der Waals surface area contributed by atoms with Crippen LogP contribution in [0.4, 0.5) is 0 Å². The molecule has 0 atom stereocenters. The van der Waals surface area contributed by atoms with Crippen molar-refractivity contribution in [3.8, 4) is 12.3 Å². The number of terminal acetylenes is 1. The van der Waals surface area contributed by atoms with Crippen molar-refractivity contribution < 1.29 is 4.79 Å². The van der Waals surface area contributed by atoms with Crippen LogP contribution in [0.2, 0.25) is 0 Å². The van der Waals surface area contributed by atoms with Gasteiger partial charge in [-0.05, 0) is 25.0 Å². The van der Waals surface area contributed by atoms with Gasteiger partial charge in [-0.1, -0.05) is 12.8 Å². The standard InChI is InChI=1S/C11H13NOS/c1-4-6-12-11(13)10-7-8(3)9(5-2)14-10/h1,7H,5-6H2,2-3H3,(H,12,13). The molecule has 0 fully saturated rings. The summed E-state index contributed by atoms with van der Waals surface area (Å²) in [4.78, 5) is 13.5. The summed E-state index contributed by atoms with van der Waals surface area (Å²) < 4.78 is 0. The summed E-state index contributed by atoms with van der Waals surface area (Å²) in [5.41, 5.74) is 1.18. The molecule has 14 heavy (non-hydrogen) atoms. The van der Waals surface area contributed by atoms with Crippen molar-refractivity contribution in [2.45, 2.75) is 20.3 Å². The molecule has 1 aromatic heterocycles. The van der Waals surface area contributed by atoms with Crippen molar-refractivity contribution in [2.75, 3.05) is 6.54 Å². The predicted octanol–water partition coefficient (Wildman–Crippen LogP) is 1.98. The van der Waals surface area contributed by atoms with Gasteiger partial charge in [-0.25, -0.2) is 0 Å². The highest BCUT2D eigenvalue weighted by Gasteiger charge is 2.10. The molecule has 0 saturated carbocycles. The van der Waals surface area contributed by atoms with Gasteiger partial charge in [0.15, 0.2) is 0 Å². The molecule has 1 aromatic rings. The maximum Gasteiger partial charge on any atom is 0.262 e. The van der Waals surface area contributed by atoms with Crippen LogP contribution in [0.3, 0.4) is 0 Å². The van der Waals surface area contributed by atoms with E-state index >= 15 is 0 Å². The van der Waals surface area contributed by atoms with Gasteiger partial charge in [0.05, 0.1) is 11.4 Å². The van der Waals surface area contributed by atoms with E-state index in [1.807, 2.05) is 13.0 Å². The van der Waals surface area contributed by atoms with Gasteiger partial charge in [-0.15, -0.1) is 17.8 Å². The second-order valence-electron chi connectivity index (χ2n) is 2.96. The highest BCUT2D eigenvalue weighted by molar-refractivity contribution is 7.14. The zero-order valence-electron chi connectivity index (χ0n) is 8.39. The quantitative estimate of drug-likeness (QED) is 0.754. The molecular formula is C11H13NOS. The molecule has 2 nitrogen and oxygen atoms in total. The number of hydrogen-bond donors (Lipinski definition) is 1. The third-order valence-electron chi connectivity index (χ3n) is 1.92. The lowest BCUT2D eigenvalue weighted by molar-refractivity contribution is 0.0962. The van der Waals surface area contributed by atoms with Gasteiger partial charge in [0, 0.05) is 4.88 Å². The van der Waals surface area contributed by atoms with Crippen LogP contribution in [0, 0.1) is 19.3 Å². The van der Waals surface area contributed by atoms with Crippen LogP contribution in [-0.2, 0) is 6.42 Å². The normalized spacial score (nSPS) is 9.50. The highest BCUT2D eigenvalue weighted by atomic mass is 32.1. The van der Waals surface area contributed by atoms with Gasteiger partial charge >= 0.3 is 0 Å². The van der Waals surface area contributed by atoms with Crippen LogP contribution in [-0.4, -0.2) is 12.5 Å². The third-order valence-corrected chi connectivity index (χ3v) is 3.30. The smallest absolute Gasteiger partial charge is 0.262 e. The van der Waals surface area contributed by atoms with Crippen LogP contribution >= 0.6 is 11.3 Å². The van der Waals surface area contributed by atoms with E-state index in [4.69, 9.17) is 6.42 Å². The lowest BCUT2D eigenvalue weighted by Crippen LogP contribution is -2.22. The third kappa shape index (κ3) is 2.36. The van der Waals surface area contributed by atoms with Gasteiger partial charge in [-0.2, -0.15) is 0 Å². The molecule has 0 aliphatic carbocycles. The average Bonchev–Trinajstić information content (AvgIpc) is 2.56. The molecule has 0 spiro atoms. The number of thiophene rings is 1. The minimum Gasteiger partial charge on any atom is -0.340 e. The Hall–Kier alpha value is -1.27. The monoisotopic (exact) mass is 207 g/mol. The van der Waals surface area contributed by atoms with Crippen molar-refractivity contribution in [2.24, 2.45) is 0 Å². The Morgan fingerprint density at radius 3 is 2.93 bits per heavy atom. The molecule has 1 rings (SSSR count). The molecule has 3 heteroatoms. The minimum absolute atomic E-state index is 0.0734. The summed E-state index contributed by atoms with van der Waals surface area (Å²) in [6.07, 6.45) is 6.03. The summed E-state index contributed by atoms with van der Waals surface area (Å²) in [5, 5.41) is 2.65. The summed E-state index contributed by atoms with van der Waals surface area (Å²) in [5.74, 6) is 2.30. The fourth-order valence-electron chi connectivity index (χ4n) is 1.20. The molecule has 1 heterocycles. The molecule has 0 radical (unpaired) electrons. The van der Waals surface area contributed by atoms with E-state index in [0.717, 1.165) is 11.3 Å². The second kappa shape index (κ2) is 4.83. The molecule has 0 aliphatic heterocycles. The first-order valence-corrected chi connectivity index (χ1v) is 5.31. The second-order valence-corrected chi connectivity index (χ2v) is 4.09. The fourth-order valence-corrected chi connectivity index (χ4v) is 2.23. The van der Waals surface area contributed by atoms with Gasteiger partial charge in [0.2, 0.25) is 0 Å². The van der Waals surface area contributed by atoms with Crippen LogP contribution in [0.1, 0.15) is 27.0 Å². The number of rotatable bonds is 3. The Balaban J connectivity index is 2.76. The number of carbonyl (C=O) groups is 1. The van der Waals surface area contributed by atoms with E-state index < -0.39 is 0 Å². The number of aryl methyl sites for hydroxylation is 2. The Kier molecular flexibility index (Phi) is 3.73. The highest BCUT2D eigenvalue weighted by Crippen LogP contribution is 2.21. The van der Waals surface area contributed by atoms with Gasteiger partial charge in [0.1, 0.15) is 0 Å². The molecule has 0 aromatic carbocycles. The molecule has 1 N–H and O–H groups in total. The molecular weight excluding hydrogens is 194 g/mol. The average molecular weight is 207 g/mol. The van der Waals surface area contributed by atoms with E-state index in [9.17, 15) is 4.79 Å². The topological polar surface area (TPSA) is 29.1 Å². The zero-order chi connectivity index (χ0) is 10.6. The maximum atomic E-state index is 11.5. The van der Waals surface area contributed by atoms with E-state index in [1.165, 1.54) is 21.8 Å². The summed E-state index contributed by atoms with van der Waals surface area (Å²) in [7, 11) is 0. The van der Waals surface area contributed by atoms with Gasteiger partial charge < -0.3 is 5.32 Å². The van der Waals surface area contributed by atoms with E-state index in [2.05, 4.69) is 18.2 Å². The first kappa shape index (κ1) is 10.8. The predicted molar refractivity (Wildman–Crippen MR) is 59.6 cm³/mol. The number of amides is 1. The lowest BCUT2D eigenvalue weighted by atomic mass is 10.2. The molecule has 1 amide bonds. The van der Waals surface area contributed by atoms with E-state index in [0.29, 0.717) is 0 Å². The summed E-state index contributed by atoms with van der Waals surface area (Å²) in [6, 6.07) is 1.91. The van der Waals surface area contributed by atoms with Crippen molar-refractivity contribution >= 4 is 17.2 Å². The first-order valence-electron chi connectivity index (χ1n) is 4.50. The maximum absolute atomic E-state index is 11.5. The van der Waals surface area contributed by atoms with Crippen LogP contribution in [0.25, 0.3) is 0 Å². The Bertz CT molecular complexity index is 373. The molecule has 0 saturated heterocycles. The number of carbonyl (C=O) groups excluding carboxylic acids is 1. The molecule has 74 valence electrons. The van der Waals surface area contributed by atoms with Crippen LogP contribution in [0.15, 0.2) is 6.07 Å². The largest absolute Gasteiger partial charge is 0.340 e. The molecule has 0 unspecified atom stereocenters. The van der Waals surface area contributed by atoms with Crippen molar-refractivity contribution in [3.63, 3.8) is 0 Å².